The lowest BCUT2D eigenvalue weighted by atomic mass is 10.2. The predicted octanol–water partition coefficient (Wildman–Crippen LogP) is 2.65. The zero-order valence-electron chi connectivity index (χ0n) is 8.40. The van der Waals surface area contributed by atoms with E-state index in [-0.39, 0.29) is 5.97 Å². The molecular formula is C11H14O2S. The van der Waals surface area contributed by atoms with Gasteiger partial charge in [0.25, 0.3) is 0 Å². The first-order valence-corrected chi connectivity index (χ1v) is 5.52. The summed E-state index contributed by atoms with van der Waals surface area (Å²) in [4.78, 5) is 10.9. The fraction of sp³-hybridized carbons (Fsp3) is 0.364. The topological polar surface area (TPSA) is 26.3 Å². The maximum absolute atomic E-state index is 10.9. The Kier molecular flexibility index (Phi) is 4.53. The van der Waals surface area contributed by atoms with Crippen LogP contribution in [0.5, 0.6) is 0 Å². The number of ether oxygens (including phenoxy) is 1. The first kappa shape index (κ1) is 11.1. The number of benzene rings is 1. The molecule has 0 fully saturated rings. The van der Waals surface area contributed by atoms with Gasteiger partial charge >= 0.3 is 5.97 Å². The van der Waals surface area contributed by atoms with Crippen molar-refractivity contribution in [2.24, 2.45) is 0 Å². The quantitative estimate of drug-likeness (QED) is 0.715. The first-order valence-electron chi connectivity index (χ1n) is 4.47. The monoisotopic (exact) mass is 210 g/mol. The molecule has 0 radical (unpaired) electrons. The minimum Gasteiger partial charge on any atom is -0.468 e. The van der Waals surface area contributed by atoms with E-state index in [4.69, 9.17) is 0 Å². The van der Waals surface area contributed by atoms with Gasteiger partial charge < -0.3 is 4.74 Å². The Bertz CT molecular complexity index is 285. The summed E-state index contributed by atoms with van der Waals surface area (Å²) in [7, 11) is 1.41. The molecule has 0 aliphatic carbocycles. The molecule has 2 nitrogen and oxygen atoms in total. The van der Waals surface area contributed by atoms with Crippen LogP contribution < -0.4 is 0 Å². The van der Waals surface area contributed by atoms with Crippen molar-refractivity contribution in [3.63, 3.8) is 0 Å². The standard InChI is InChI=1S/C11H14O2S/c1-9(14-8-11(12)13-2)10-6-4-3-5-7-10/h3-7,9H,8H2,1-2H3. The summed E-state index contributed by atoms with van der Waals surface area (Å²) < 4.78 is 4.58. The number of methoxy groups -OCH3 is 1. The number of thioether (sulfide) groups is 1. The Morgan fingerprint density at radius 2 is 2.07 bits per heavy atom. The predicted molar refractivity (Wildman–Crippen MR) is 59.3 cm³/mol. The summed E-state index contributed by atoms with van der Waals surface area (Å²) in [6.07, 6.45) is 0. The zero-order valence-corrected chi connectivity index (χ0v) is 9.21. The number of hydrogen-bond acceptors (Lipinski definition) is 3. The SMILES string of the molecule is COC(=O)CSC(C)c1ccccc1. The van der Waals surface area contributed by atoms with Crippen LogP contribution in [0.1, 0.15) is 17.7 Å². The molecule has 0 aliphatic rings. The Balaban J connectivity index is 2.43. The molecule has 14 heavy (non-hydrogen) atoms. The third kappa shape index (κ3) is 3.42. The van der Waals surface area contributed by atoms with Crippen LogP contribution in [0.3, 0.4) is 0 Å². The van der Waals surface area contributed by atoms with E-state index < -0.39 is 0 Å². The molecule has 1 rings (SSSR count). The van der Waals surface area contributed by atoms with Gasteiger partial charge in [-0.15, -0.1) is 11.8 Å². The molecule has 0 saturated carbocycles. The highest BCUT2D eigenvalue weighted by Gasteiger charge is 2.08. The van der Waals surface area contributed by atoms with E-state index in [1.807, 2.05) is 18.2 Å². The van der Waals surface area contributed by atoms with E-state index in [1.54, 1.807) is 11.8 Å². The van der Waals surface area contributed by atoms with E-state index >= 15 is 0 Å². The average Bonchev–Trinajstić information content (AvgIpc) is 2.26. The highest BCUT2D eigenvalue weighted by Crippen LogP contribution is 2.27. The average molecular weight is 210 g/mol. The number of rotatable bonds is 4. The van der Waals surface area contributed by atoms with Gasteiger partial charge in [-0.3, -0.25) is 4.79 Å². The highest BCUT2D eigenvalue weighted by atomic mass is 32.2. The van der Waals surface area contributed by atoms with E-state index in [1.165, 1.54) is 12.7 Å². The summed E-state index contributed by atoms with van der Waals surface area (Å²) >= 11 is 1.59. The smallest absolute Gasteiger partial charge is 0.315 e. The van der Waals surface area contributed by atoms with Crippen molar-refractivity contribution in [3.8, 4) is 0 Å². The maximum atomic E-state index is 10.9. The van der Waals surface area contributed by atoms with Crippen LogP contribution in [0.25, 0.3) is 0 Å². The molecule has 0 spiro atoms. The van der Waals surface area contributed by atoms with E-state index in [0.29, 0.717) is 11.0 Å². The number of carbonyl (C=O) groups excluding carboxylic acids is 1. The van der Waals surface area contributed by atoms with Crippen molar-refractivity contribution < 1.29 is 9.53 Å². The molecule has 3 heteroatoms. The van der Waals surface area contributed by atoms with Gasteiger partial charge in [0.15, 0.2) is 0 Å². The normalized spacial score (nSPS) is 12.1. The van der Waals surface area contributed by atoms with Gasteiger partial charge in [-0.05, 0) is 12.5 Å². The molecule has 0 aliphatic heterocycles. The van der Waals surface area contributed by atoms with E-state index in [0.717, 1.165) is 0 Å². The van der Waals surface area contributed by atoms with Crippen LogP contribution in [0, 0.1) is 0 Å². The first-order chi connectivity index (χ1) is 6.74. The van der Waals surface area contributed by atoms with Crippen molar-refractivity contribution in [3.05, 3.63) is 35.9 Å². The van der Waals surface area contributed by atoms with Crippen LogP contribution in [-0.4, -0.2) is 18.8 Å². The molecule has 0 saturated heterocycles. The fourth-order valence-corrected chi connectivity index (χ4v) is 1.93. The summed E-state index contributed by atoms with van der Waals surface area (Å²) in [5.41, 5.74) is 1.24. The number of hydrogen-bond donors (Lipinski definition) is 0. The highest BCUT2D eigenvalue weighted by molar-refractivity contribution is 8.00. The van der Waals surface area contributed by atoms with Crippen molar-refractivity contribution in [2.45, 2.75) is 12.2 Å². The number of esters is 1. The van der Waals surface area contributed by atoms with Crippen LogP contribution >= 0.6 is 11.8 Å². The van der Waals surface area contributed by atoms with E-state index in [9.17, 15) is 4.79 Å². The minimum absolute atomic E-state index is 0.169. The van der Waals surface area contributed by atoms with Gasteiger partial charge in [0, 0.05) is 5.25 Å². The van der Waals surface area contributed by atoms with Gasteiger partial charge in [-0.1, -0.05) is 30.3 Å². The lowest BCUT2D eigenvalue weighted by Crippen LogP contribution is -2.04. The molecule has 1 atom stereocenters. The second-order valence-corrected chi connectivity index (χ2v) is 4.27. The van der Waals surface area contributed by atoms with Crippen LogP contribution in [0.2, 0.25) is 0 Å². The molecule has 0 bridgehead atoms. The van der Waals surface area contributed by atoms with Crippen LogP contribution in [0.4, 0.5) is 0 Å². The molecule has 0 heterocycles. The summed E-state index contributed by atoms with van der Waals surface area (Å²) in [6, 6.07) is 10.1. The van der Waals surface area contributed by atoms with Gasteiger partial charge in [-0.25, -0.2) is 0 Å². The molecule has 0 amide bonds. The third-order valence-corrected chi connectivity index (χ3v) is 3.12. The Labute approximate surface area is 88.7 Å². The summed E-state index contributed by atoms with van der Waals surface area (Å²) in [5.74, 6) is 0.241. The summed E-state index contributed by atoms with van der Waals surface area (Å²) in [6.45, 7) is 2.09. The van der Waals surface area contributed by atoms with Gasteiger partial charge in [0.1, 0.15) is 0 Å². The van der Waals surface area contributed by atoms with Crippen LogP contribution in [-0.2, 0) is 9.53 Å². The lowest BCUT2D eigenvalue weighted by molar-refractivity contribution is -0.137. The van der Waals surface area contributed by atoms with E-state index in [2.05, 4.69) is 23.8 Å². The Morgan fingerprint density at radius 3 is 2.64 bits per heavy atom. The molecule has 1 unspecified atom stereocenters. The number of carbonyl (C=O) groups is 1. The van der Waals surface area contributed by atoms with Crippen molar-refractivity contribution >= 4 is 17.7 Å². The summed E-state index contributed by atoms with van der Waals surface area (Å²) in [5, 5.41) is 0.329. The molecular weight excluding hydrogens is 196 g/mol. The largest absolute Gasteiger partial charge is 0.468 e. The van der Waals surface area contributed by atoms with Gasteiger partial charge in [0.05, 0.1) is 12.9 Å². The molecule has 1 aromatic carbocycles. The van der Waals surface area contributed by atoms with Gasteiger partial charge in [0.2, 0.25) is 0 Å². The lowest BCUT2D eigenvalue weighted by Gasteiger charge is -2.09. The molecule has 0 N–H and O–H groups in total. The van der Waals surface area contributed by atoms with Crippen LogP contribution in [0.15, 0.2) is 30.3 Å². The second kappa shape index (κ2) is 5.70. The van der Waals surface area contributed by atoms with Crippen molar-refractivity contribution in [1.82, 2.24) is 0 Å². The van der Waals surface area contributed by atoms with Gasteiger partial charge in [-0.2, -0.15) is 0 Å². The van der Waals surface area contributed by atoms with Crippen molar-refractivity contribution in [2.75, 3.05) is 12.9 Å². The molecule has 76 valence electrons. The third-order valence-electron chi connectivity index (χ3n) is 1.95. The second-order valence-electron chi connectivity index (χ2n) is 2.94. The minimum atomic E-state index is -0.169. The Hall–Kier alpha value is -0.960. The molecule has 1 aromatic rings. The maximum Gasteiger partial charge on any atom is 0.315 e. The van der Waals surface area contributed by atoms with Crippen molar-refractivity contribution in [1.29, 1.82) is 0 Å². The Morgan fingerprint density at radius 1 is 1.43 bits per heavy atom. The molecule has 0 aromatic heterocycles. The zero-order chi connectivity index (χ0) is 10.4. The fourth-order valence-electron chi connectivity index (χ4n) is 1.07.